The smallest absolute Gasteiger partial charge is 0.101 e. The third kappa shape index (κ3) is 4.40. The molecule has 1 heterocycles. The predicted molar refractivity (Wildman–Crippen MR) is 68.6 cm³/mol. The first-order valence-corrected chi connectivity index (χ1v) is 6.56. The molecule has 2 nitrogen and oxygen atoms in total. The number of hydrogen-bond donors (Lipinski definition) is 1. The van der Waals surface area contributed by atoms with Gasteiger partial charge in [-0.25, -0.2) is 0 Å². The van der Waals surface area contributed by atoms with E-state index in [0.29, 0.717) is 6.04 Å². The number of furan rings is 1. The van der Waals surface area contributed by atoms with E-state index in [1.54, 1.807) is 0 Å². The first kappa shape index (κ1) is 13.3. The van der Waals surface area contributed by atoms with Crippen molar-refractivity contribution in [1.82, 2.24) is 5.32 Å². The number of rotatable bonds is 8. The SMILES string of the molecule is CCCCCC(NCCC)c1coc(C)c1. The second kappa shape index (κ2) is 7.50. The Kier molecular flexibility index (Phi) is 6.24. The van der Waals surface area contributed by atoms with Gasteiger partial charge in [-0.1, -0.05) is 33.1 Å². The first-order chi connectivity index (χ1) is 7.77. The quantitative estimate of drug-likeness (QED) is 0.668. The van der Waals surface area contributed by atoms with Gasteiger partial charge >= 0.3 is 0 Å². The van der Waals surface area contributed by atoms with E-state index >= 15 is 0 Å². The summed E-state index contributed by atoms with van der Waals surface area (Å²) < 4.78 is 5.39. The highest BCUT2D eigenvalue weighted by atomic mass is 16.3. The topological polar surface area (TPSA) is 25.2 Å². The van der Waals surface area contributed by atoms with E-state index < -0.39 is 0 Å². The highest BCUT2D eigenvalue weighted by Gasteiger charge is 2.12. The zero-order valence-electron chi connectivity index (χ0n) is 10.9. The largest absolute Gasteiger partial charge is 0.469 e. The van der Waals surface area contributed by atoms with Crippen molar-refractivity contribution in [2.75, 3.05) is 6.54 Å². The van der Waals surface area contributed by atoms with Crippen LogP contribution in [0.3, 0.4) is 0 Å². The maximum absolute atomic E-state index is 5.39. The molecular formula is C14H25NO. The van der Waals surface area contributed by atoms with Crippen molar-refractivity contribution in [3.05, 3.63) is 23.7 Å². The molecule has 0 aromatic carbocycles. The maximum atomic E-state index is 5.39. The minimum Gasteiger partial charge on any atom is -0.469 e. The lowest BCUT2D eigenvalue weighted by Crippen LogP contribution is -2.21. The van der Waals surface area contributed by atoms with Gasteiger partial charge in [-0.2, -0.15) is 0 Å². The zero-order valence-corrected chi connectivity index (χ0v) is 10.9. The molecule has 0 radical (unpaired) electrons. The third-order valence-electron chi connectivity index (χ3n) is 2.89. The van der Waals surface area contributed by atoms with Gasteiger partial charge in [0.15, 0.2) is 0 Å². The summed E-state index contributed by atoms with van der Waals surface area (Å²) >= 11 is 0. The van der Waals surface area contributed by atoms with Crippen molar-refractivity contribution >= 4 is 0 Å². The predicted octanol–water partition coefficient (Wildman–Crippen LogP) is 4.21. The molecule has 0 aliphatic carbocycles. The van der Waals surface area contributed by atoms with Crippen LogP contribution < -0.4 is 5.32 Å². The van der Waals surface area contributed by atoms with Gasteiger partial charge in [0, 0.05) is 11.6 Å². The molecule has 1 unspecified atom stereocenters. The Morgan fingerprint density at radius 1 is 1.25 bits per heavy atom. The zero-order chi connectivity index (χ0) is 11.8. The molecule has 0 aliphatic rings. The standard InChI is InChI=1S/C14H25NO/c1-4-6-7-8-14(15-9-5-2)13-10-12(3)16-11-13/h10-11,14-15H,4-9H2,1-3H3. The molecule has 1 atom stereocenters. The molecule has 1 aromatic rings. The van der Waals surface area contributed by atoms with E-state index in [0.717, 1.165) is 12.3 Å². The van der Waals surface area contributed by atoms with E-state index in [4.69, 9.17) is 4.42 Å². The molecule has 0 amide bonds. The minimum atomic E-state index is 0.476. The monoisotopic (exact) mass is 223 g/mol. The van der Waals surface area contributed by atoms with E-state index in [9.17, 15) is 0 Å². The van der Waals surface area contributed by atoms with Crippen LogP contribution in [0.1, 0.15) is 63.3 Å². The van der Waals surface area contributed by atoms with E-state index in [1.807, 2.05) is 13.2 Å². The Hall–Kier alpha value is -0.760. The van der Waals surface area contributed by atoms with Crippen molar-refractivity contribution in [1.29, 1.82) is 0 Å². The maximum Gasteiger partial charge on any atom is 0.101 e. The van der Waals surface area contributed by atoms with E-state index in [2.05, 4.69) is 25.2 Å². The molecular weight excluding hydrogens is 198 g/mol. The van der Waals surface area contributed by atoms with Gasteiger partial charge in [0.2, 0.25) is 0 Å². The fourth-order valence-electron chi connectivity index (χ4n) is 1.95. The summed E-state index contributed by atoms with van der Waals surface area (Å²) in [6.45, 7) is 7.54. The molecule has 1 rings (SSSR count). The summed E-state index contributed by atoms with van der Waals surface area (Å²) in [6, 6.07) is 2.63. The van der Waals surface area contributed by atoms with Gasteiger partial charge < -0.3 is 9.73 Å². The van der Waals surface area contributed by atoms with Gasteiger partial charge in [0.25, 0.3) is 0 Å². The lowest BCUT2D eigenvalue weighted by atomic mass is 10.0. The Bertz CT molecular complexity index is 280. The summed E-state index contributed by atoms with van der Waals surface area (Å²) in [6.07, 6.45) is 8.19. The second-order valence-electron chi connectivity index (χ2n) is 4.49. The van der Waals surface area contributed by atoms with Crippen LogP contribution in [0.5, 0.6) is 0 Å². The van der Waals surface area contributed by atoms with Crippen LogP contribution >= 0.6 is 0 Å². The van der Waals surface area contributed by atoms with Crippen LogP contribution in [0.15, 0.2) is 16.7 Å². The summed E-state index contributed by atoms with van der Waals surface area (Å²) in [5.41, 5.74) is 1.31. The van der Waals surface area contributed by atoms with Crippen LogP contribution in [0.25, 0.3) is 0 Å². The Labute approximate surface area is 99.4 Å². The van der Waals surface area contributed by atoms with Crippen LogP contribution in [0.2, 0.25) is 0 Å². The van der Waals surface area contributed by atoms with Gasteiger partial charge in [-0.3, -0.25) is 0 Å². The minimum absolute atomic E-state index is 0.476. The van der Waals surface area contributed by atoms with Crippen LogP contribution in [-0.2, 0) is 0 Å². The lowest BCUT2D eigenvalue weighted by molar-refractivity contribution is 0.465. The molecule has 16 heavy (non-hydrogen) atoms. The number of hydrogen-bond acceptors (Lipinski definition) is 2. The average molecular weight is 223 g/mol. The van der Waals surface area contributed by atoms with Crippen molar-refractivity contribution in [2.45, 2.75) is 58.9 Å². The second-order valence-corrected chi connectivity index (χ2v) is 4.49. The molecule has 2 heteroatoms. The molecule has 0 saturated heterocycles. The van der Waals surface area contributed by atoms with Crippen LogP contribution in [-0.4, -0.2) is 6.54 Å². The fourth-order valence-corrected chi connectivity index (χ4v) is 1.95. The molecule has 0 saturated carbocycles. The fraction of sp³-hybridized carbons (Fsp3) is 0.714. The molecule has 0 bridgehead atoms. The van der Waals surface area contributed by atoms with E-state index in [1.165, 1.54) is 37.7 Å². The number of nitrogens with one attached hydrogen (secondary N) is 1. The molecule has 0 fully saturated rings. The molecule has 0 aliphatic heterocycles. The number of aryl methyl sites for hydroxylation is 1. The first-order valence-electron chi connectivity index (χ1n) is 6.56. The summed E-state index contributed by atoms with van der Waals surface area (Å²) in [4.78, 5) is 0. The summed E-state index contributed by atoms with van der Waals surface area (Å²) in [7, 11) is 0. The van der Waals surface area contributed by atoms with Crippen molar-refractivity contribution in [3.8, 4) is 0 Å². The highest BCUT2D eigenvalue weighted by molar-refractivity contribution is 5.16. The van der Waals surface area contributed by atoms with Gasteiger partial charge in [-0.15, -0.1) is 0 Å². The van der Waals surface area contributed by atoms with Crippen molar-refractivity contribution in [3.63, 3.8) is 0 Å². The molecule has 0 spiro atoms. The van der Waals surface area contributed by atoms with Crippen LogP contribution in [0, 0.1) is 6.92 Å². The highest BCUT2D eigenvalue weighted by Crippen LogP contribution is 2.22. The number of unbranched alkanes of at least 4 members (excludes halogenated alkanes) is 2. The normalized spacial score (nSPS) is 12.9. The van der Waals surface area contributed by atoms with Crippen molar-refractivity contribution < 1.29 is 4.42 Å². The van der Waals surface area contributed by atoms with Crippen molar-refractivity contribution in [2.24, 2.45) is 0 Å². The third-order valence-corrected chi connectivity index (χ3v) is 2.89. The van der Waals surface area contributed by atoms with Gasteiger partial charge in [0.05, 0.1) is 6.26 Å². The average Bonchev–Trinajstić information content (AvgIpc) is 2.70. The van der Waals surface area contributed by atoms with Crippen LogP contribution in [0.4, 0.5) is 0 Å². The van der Waals surface area contributed by atoms with E-state index in [-0.39, 0.29) is 0 Å². The summed E-state index contributed by atoms with van der Waals surface area (Å²) in [5.74, 6) is 1.01. The summed E-state index contributed by atoms with van der Waals surface area (Å²) in [5, 5.41) is 3.60. The Morgan fingerprint density at radius 2 is 2.06 bits per heavy atom. The molecule has 1 N–H and O–H groups in total. The molecule has 1 aromatic heterocycles. The molecule has 92 valence electrons. The Morgan fingerprint density at radius 3 is 2.62 bits per heavy atom. The Balaban J connectivity index is 2.49. The van der Waals surface area contributed by atoms with Gasteiger partial charge in [-0.05, 0) is 32.4 Å². The lowest BCUT2D eigenvalue weighted by Gasteiger charge is -2.16. The van der Waals surface area contributed by atoms with Gasteiger partial charge in [0.1, 0.15) is 5.76 Å².